The molecule has 4 atom stereocenters. The van der Waals surface area contributed by atoms with Gasteiger partial charge < -0.3 is 24.6 Å². The number of likely N-dealkylation sites (tertiary alicyclic amines) is 1. The number of aliphatic hydroxyl groups excluding tert-OH is 1. The minimum Gasteiger partial charge on any atom is -0.480 e. The Morgan fingerprint density at radius 2 is 1.92 bits per heavy atom. The van der Waals surface area contributed by atoms with Crippen molar-refractivity contribution in [2.75, 3.05) is 13.7 Å². The Hall–Kier alpha value is -3.24. The first-order chi connectivity index (χ1) is 17.2. The summed E-state index contributed by atoms with van der Waals surface area (Å²) in [6, 6.07) is 6.46. The van der Waals surface area contributed by atoms with Gasteiger partial charge in [0.05, 0.1) is 47.9 Å². The monoisotopic (exact) mass is 511 g/mol. The Morgan fingerprint density at radius 3 is 2.50 bits per heavy atom. The zero-order valence-electron chi connectivity index (χ0n) is 21.2. The quantitative estimate of drug-likeness (QED) is 0.480. The minimum absolute atomic E-state index is 0.0579. The maximum Gasteiger partial charge on any atom is 0.246 e. The number of nitrogens with one attached hydrogen (secondary N) is 1. The van der Waals surface area contributed by atoms with Gasteiger partial charge in [-0.25, -0.2) is 9.97 Å². The van der Waals surface area contributed by atoms with Crippen LogP contribution < -0.4 is 10.1 Å². The first-order valence-corrected chi connectivity index (χ1v) is 12.9. The molecule has 0 aliphatic carbocycles. The van der Waals surface area contributed by atoms with Crippen molar-refractivity contribution in [2.24, 2.45) is 5.92 Å². The lowest BCUT2D eigenvalue weighted by atomic mass is 10.0. The summed E-state index contributed by atoms with van der Waals surface area (Å²) in [6.45, 7) is 7.89. The summed E-state index contributed by atoms with van der Waals surface area (Å²) in [7, 11) is 1.52. The first kappa shape index (κ1) is 25.8. The molecule has 0 saturated carbocycles. The van der Waals surface area contributed by atoms with E-state index in [0.29, 0.717) is 5.88 Å². The number of benzene rings is 1. The van der Waals surface area contributed by atoms with Crippen LogP contribution in [0.5, 0.6) is 5.88 Å². The highest BCUT2D eigenvalue weighted by atomic mass is 32.1. The third-order valence-corrected chi connectivity index (χ3v) is 7.61. The van der Waals surface area contributed by atoms with E-state index in [2.05, 4.69) is 15.3 Å². The Labute approximate surface area is 215 Å². The van der Waals surface area contributed by atoms with Crippen LogP contribution in [0.2, 0.25) is 0 Å². The van der Waals surface area contributed by atoms with Gasteiger partial charge in [0.25, 0.3) is 0 Å². The van der Waals surface area contributed by atoms with Crippen LogP contribution >= 0.6 is 11.3 Å². The maximum atomic E-state index is 13.6. The number of imidazole rings is 1. The van der Waals surface area contributed by atoms with Crippen molar-refractivity contribution < 1.29 is 19.4 Å². The van der Waals surface area contributed by atoms with Crippen LogP contribution in [-0.4, -0.2) is 62.2 Å². The summed E-state index contributed by atoms with van der Waals surface area (Å²) in [5.41, 5.74) is 4.87. The molecule has 1 aromatic carbocycles. The Bertz CT molecular complexity index is 1210. The van der Waals surface area contributed by atoms with Gasteiger partial charge >= 0.3 is 0 Å². The SMILES string of the molecule is COc1cn([C@H](C(=O)N2C[C@H](O)C[C@H]2C(=O)N[C@@H](C)c2ccc(-c3scnc3C)cc2)C(C)C)cn1. The van der Waals surface area contributed by atoms with E-state index in [1.165, 1.54) is 12.0 Å². The number of aromatic nitrogens is 3. The third-order valence-electron chi connectivity index (χ3n) is 6.63. The molecule has 0 unspecified atom stereocenters. The number of ether oxygens (including phenoxy) is 1. The number of β-amino-alcohol motifs (C(OH)–C–C–N with tert-alkyl or cyclic N) is 1. The zero-order chi connectivity index (χ0) is 26.0. The lowest BCUT2D eigenvalue weighted by Gasteiger charge is -2.31. The summed E-state index contributed by atoms with van der Waals surface area (Å²) < 4.78 is 6.87. The molecule has 10 heteroatoms. The van der Waals surface area contributed by atoms with E-state index in [-0.39, 0.29) is 36.7 Å². The number of aliphatic hydroxyl groups is 1. The number of rotatable bonds is 8. The van der Waals surface area contributed by atoms with Gasteiger partial charge in [0, 0.05) is 13.0 Å². The lowest BCUT2D eigenvalue weighted by molar-refractivity contribution is -0.142. The number of hydrogen-bond donors (Lipinski definition) is 2. The van der Waals surface area contributed by atoms with E-state index in [9.17, 15) is 14.7 Å². The number of aryl methyl sites for hydroxylation is 1. The number of carbonyl (C=O) groups excluding carboxylic acids is 2. The molecular formula is C26H33N5O4S. The minimum atomic E-state index is -0.757. The number of thiazole rings is 1. The predicted molar refractivity (Wildman–Crippen MR) is 138 cm³/mol. The molecule has 9 nitrogen and oxygen atoms in total. The van der Waals surface area contributed by atoms with Crippen LogP contribution in [0, 0.1) is 12.8 Å². The fourth-order valence-corrected chi connectivity index (χ4v) is 5.51. The molecule has 1 saturated heterocycles. The largest absolute Gasteiger partial charge is 0.480 e. The van der Waals surface area contributed by atoms with Crippen LogP contribution in [0.15, 0.2) is 42.3 Å². The van der Waals surface area contributed by atoms with Gasteiger partial charge in [-0.2, -0.15) is 0 Å². The fourth-order valence-electron chi connectivity index (χ4n) is 4.70. The van der Waals surface area contributed by atoms with Crippen molar-refractivity contribution in [3.05, 3.63) is 53.6 Å². The molecule has 1 aliphatic heterocycles. The van der Waals surface area contributed by atoms with Crippen molar-refractivity contribution in [1.82, 2.24) is 24.8 Å². The lowest BCUT2D eigenvalue weighted by Crippen LogP contribution is -2.49. The van der Waals surface area contributed by atoms with Crippen molar-refractivity contribution in [3.63, 3.8) is 0 Å². The van der Waals surface area contributed by atoms with Crippen LogP contribution in [0.1, 0.15) is 50.5 Å². The molecule has 3 aromatic rings. The van der Waals surface area contributed by atoms with Gasteiger partial charge in [0.1, 0.15) is 12.1 Å². The van der Waals surface area contributed by atoms with Crippen LogP contribution in [0.3, 0.4) is 0 Å². The van der Waals surface area contributed by atoms with Crippen molar-refractivity contribution in [1.29, 1.82) is 0 Å². The van der Waals surface area contributed by atoms with Crippen molar-refractivity contribution in [2.45, 2.75) is 58.3 Å². The van der Waals surface area contributed by atoms with Gasteiger partial charge in [0.2, 0.25) is 17.7 Å². The van der Waals surface area contributed by atoms with E-state index in [1.54, 1.807) is 28.4 Å². The van der Waals surface area contributed by atoms with Gasteiger partial charge in [-0.1, -0.05) is 38.1 Å². The number of methoxy groups -OCH3 is 1. The Kier molecular flexibility index (Phi) is 7.75. The van der Waals surface area contributed by atoms with E-state index < -0.39 is 18.2 Å². The molecule has 3 heterocycles. The topological polar surface area (TPSA) is 110 Å². The van der Waals surface area contributed by atoms with Crippen molar-refractivity contribution in [3.8, 4) is 16.3 Å². The highest BCUT2D eigenvalue weighted by Gasteiger charge is 2.42. The highest BCUT2D eigenvalue weighted by Crippen LogP contribution is 2.30. The standard InChI is InChI=1S/C26H33N5O4S/c1-15(2)23(30-12-22(35-5)27-13-30)26(34)31-11-20(32)10-21(31)25(33)29-16(3)18-6-8-19(9-7-18)24-17(4)28-14-36-24/h6-9,12-16,20-21,23,32H,10-11H2,1-5H3,(H,29,33)/t16-,20+,21-,23-/m0/s1. The van der Waals surface area contributed by atoms with Gasteiger partial charge in [-0.15, -0.1) is 11.3 Å². The summed E-state index contributed by atoms with van der Waals surface area (Å²) in [4.78, 5) is 38.0. The first-order valence-electron chi connectivity index (χ1n) is 12.1. The van der Waals surface area contributed by atoms with Crippen LogP contribution in [-0.2, 0) is 9.59 Å². The second kappa shape index (κ2) is 10.8. The van der Waals surface area contributed by atoms with Gasteiger partial charge in [0.15, 0.2) is 0 Å². The molecule has 2 N–H and O–H groups in total. The zero-order valence-corrected chi connectivity index (χ0v) is 22.0. The van der Waals surface area contributed by atoms with Gasteiger partial charge in [-0.05, 0) is 30.9 Å². The van der Waals surface area contributed by atoms with E-state index in [1.807, 2.05) is 57.5 Å². The highest BCUT2D eigenvalue weighted by molar-refractivity contribution is 7.13. The number of amides is 2. The molecule has 2 amide bonds. The average molecular weight is 512 g/mol. The molecule has 4 rings (SSSR count). The Morgan fingerprint density at radius 1 is 1.19 bits per heavy atom. The predicted octanol–water partition coefficient (Wildman–Crippen LogP) is 3.36. The summed E-state index contributed by atoms with van der Waals surface area (Å²) in [5, 5.41) is 13.4. The molecule has 0 bridgehead atoms. The number of nitrogens with zero attached hydrogens (tertiary/aromatic N) is 4. The average Bonchev–Trinajstić information content (AvgIpc) is 3.58. The summed E-state index contributed by atoms with van der Waals surface area (Å²) in [6.07, 6.45) is 2.67. The number of carbonyl (C=O) groups is 2. The maximum absolute atomic E-state index is 13.6. The molecule has 2 aromatic heterocycles. The second-order valence-corrected chi connectivity index (χ2v) is 10.4. The molecule has 1 aliphatic rings. The van der Waals surface area contributed by atoms with E-state index in [0.717, 1.165) is 21.7 Å². The van der Waals surface area contributed by atoms with E-state index in [4.69, 9.17) is 4.74 Å². The van der Waals surface area contributed by atoms with Crippen LogP contribution in [0.4, 0.5) is 0 Å². The normalized spacial score (nSPS) is 19.4. The summed E-state index contributed by atoms with van der Waals surface area (Å²) >= 11 is 1.60. The third kappa shape index (κ3) is 5.29. The molecular weight excluding hydrogens is 478 g/mol. The smallest absolute Gasteiger partial charge is 0.246 e. The molecule has 0 spiro atoms. The Balaban J connectivity index is 1.47. The van der Waals surface area contributed by atoms with Crippen molar-refractivity contribution >= 4 is 23.2 Å². The summed E-state index contributed by atoms with van der Waals surface area (Å²) in [5.74, 6) is -0.147. The molecule has 1 fully saturated rings. The fraction of sp³-hybridized carbons (Fsp3) is 0.462. The molecule has 192 valence electrons. The van der Waals surface area contributed by atoms with Crippen LogP contribution in [0.25, 0.3) is 10.4 Å². The van der Waals surface area contributed by atoms with Gasteiger partial charge in [-0.3, -0.25) is 9.59 Å². The van der Waals surface area contributed by atoms with E-state index >= 15 is 0 Å². The molecule has 0 radical (unpaired) electrons. The number of hydrogen-bond acceptors (Lipinski definition) is 7. The molecule has 36 heavy (non-hydrogen) atoms. The second-order valence-electron chi connectivity index (χ2n) is 9.57.